The maximum Gasteiger partial charge on any atom is 0.0695 e. The first kappa shape index (κ1) is 12.3. The van der Waals surface area contributed by atoms with Gasteiger partial charge in [-0.2, -0.15) is 0 Å². The van der Waals surface area contributed by atoms with Gasteiger partial charge in [-0.3, -0.25) is 4.90 Å². The second kappa shape index (κ2) is 5.03. The minimum absolute atomic E-state index is 0.0953. The van der Waals surface area contributed by atoms with Gasteiger partial charge in [-0.15, -0.1) is 0 Å². The summed E-state index contributed by atoms with van der Waals surface area (Å²) in [6, 6.07) is 0.996. The average Bonchev–Trinajstić information content (AvgIpc) is 2.22. The summed E-state index contributed by atoms with van der Waals surface area (Å²) in [5, 5.41) is 10.2. The van der Waals surface area contributed by atoms with Crippen LogP contribution in [0.2, 0.25) is 0 Å². The molecular weight excluding hydrogens is 200 g/mol. The SMILES string of the molecule is CC1CCC(O)C(N2CCN(C)CC2C)C1. The molecule has 1 heterocycles. The van der Waals surface area contributed by atoms with Gasteiger partial charge in [0.25, 0.3) is 0 Å². The van der Waals surface area contributed by atoms with Gasteiger partial charge in [-0.1, -0.05) is 6.92 Å². The first-order chi connectivity index (χ1) is 7.58. The molecular formula is C13H26N2O. The maximum atomic E-state index is 10.2. The Kier molecular flexibility index (Phi) is 3.88. The highest BCUT2D eigenvalue weighted by atomic mass is 16.3. The molecule has 0 spiro atoms. The lowest BCUT2D eigenvalue weighted by Gasteiger charge is -2.47. The molecule has 2 rings (SSSR count). The van der Waals surface area contributed by atoms with Crippen LogP contribution in [-0.4, -0.2) is 59.8 Å². The molecule has 1 saturated heterocycles. The quantitative estimate of drug-likeness (QED) is 0.727. The number of piperazine rings is 1. The van der Waals surface area contributed by atoms with Crippen molar-refractivity contribution >= 4 is 0 Å². The number of hydrogen-bond acceptors (Lipinski definition) is 3. The Hall–Kier alpha value is -0.120. The topological polar surface area (TPSA) is 26.7 Å². The minimum atomic E-state index is -0.0953. The largest absolute Gasteiger partial charge is 0.391 e. The van der Waals surface area contributed by atoms with E-state index in [1.165, 1.54) is 12.8 Å². The molecule has 16 heavy (non-hydrogen) atoms. The zero-order valence-electron chi connectivity index (χ0n) is 10.9. The maximum absolute atomic E-state index is 10.2. The minimum Gasteiger partial charge on any atom is -0.391 e. The van der Waals surface area contributed by atoms with Gasteiger partial charge in [0.05, 0.1) is 6.10 Å². The van der Waals surface area contributed by atoms with Crippen molar-refractivity contribution in [1.29, 1.82) is 0 Å². The van der Waals surface area contributed by atoms with E-state index in [0.29, 0.717) is 12.1 Å². The van der Waals surface area contributed by atoms with Gasteiger partial charge in [0, 0.05) is 31.7 Å². The normalized spacial score (nSPS) is 43.5. The van der Waals surface area contributed by atoms with Crippen molar-refractivity contribution in [3.63, 3.8) is 0 Å². The lowest BCUT2D eigenvalue weighted by Crippen LogP contribution is -2.58. The first-order valence-corrected chi connectivity index (χ1v) is 6.70. The van der Waals surface area contributed by atoms with Crippen LogP contribution in [0.4, 0.5) is 0 Å². The van der Waals surface area contributed by atoms with Gasteiger partial charge >= 0.3 is 0 Å². The fourth-order valence-electron chi connectivity index (χ4n) is 3.34. The fraction of sp³-hybridized carbons (Fsp3) is 1.00. The summed E-state index contributed by atoms with van der Waals surface area (Å²) in [4.78, 5) is 4.93. The molecule has 3 heteroatoms. The average molecular weight is 226 g/mol. The highest BCUT2D eigenvalue weighted by molar-refractivity contribution is 4.90. The molecule has 1 aliphatic carbocycles. The van der Waals surface area contributed by atoms with Gasteiger partial charge in [-0.05, 0) is 39.2 Å². The van der Waals surface area contributed by atoms with E-state index < -0.39 is 0 Å². The van der Waals surface area contributed by atoms with E-state index in [0.717, 1.165) is 32.0 Å². The molecule has 0 bridgehead atoms. The van der Waals surface area contributed by atoms with E-state index in [9.17, 15) is 5.11 Å². The Morgan fingerprint density at radius 3 is 2.56 bits per heavy atom. The van der Waals surface area contributed by atoms with Gasteiger partial charge < -0.3 is 10.0 Å². The van der Waals surface area contributed by atoms with Crippen molar-refractivity contribution in [1.82, 2.24) is 9.80 Å². The van der Waals surface area contributed by atoms with E-state index in [1.807, 2.05) is 0 Å². The molecule has 1 N–H and O–H groups in total. The zero-order chi connectivity index (χ0) is 11.7. The van der Waals surface area contributed by atoms with Crippen molar-refractivity contribution in [2.24, 2.45) is 5.92 Å². The summed E-state index contributed by atoms with van der Waals surface area (Å²) >= 11 is 0. The standard InChI is InChI=1S/C13H26N2O/c1-10-4-5-13(16)12(8-10)15-7-6-14(3)9-11(15)2/h10-13,16H,4-9H2,1-3H3. The lowest BCUT2D eigenvalue weighted by molar-refractivity contribution is -0.0344. The molecule has 1 saturated carbocycles. The third-order valence-corrected chi connectivity index (χ3v) is 4.35. The van der Waals surface area contributed by atoms with Gasteiger partial charge in [-0.25, -0.2) is 0 Å². The number of rotatable bonds is 1. The number of nitrogens with zero attached hydrogens (tertiary/aromatic N) is 2. The summed E-state index contributed by atoms with van der Waals surface area (Å²) in [6.45, 7) is 8.01. The molecule has 2 aliphatic rings. The molecule has 0 radical (unpaired) electrons. The molecule has 0 aromatic carbocycles. The van der Waals surface area contributed by atoms with Crippen LogP contribution in [-0.2, 0) is 0 Å². The summed E-state index contributed by atoms with van der Waals surface area (Å²) in [5.41, 5.74) is 0. The van der Waals surface area contributed by atoms with E-state index in [1.54, 1.807) is 0 Å². The highest BCUT2D eigenvalue weighted by Crippen LogP contribution is 2.29. The highest BCUT2D eigenvalue weighted by Gasteiger charge is 2.35. The molecule has 1 aliphatic heterocycles. The van der Waals surface area contributed by atoms with Crippen LogP contribution in [0.25, 0.3) is 0 Å². The molecule has 4 unspecified atom stereocenters. The van der Waals surface area contributed by atoms with Crippen molar-refractivity contribution in [2.75, 3.05) is 26.7 Å². The molecule has 0 aromatic rings. The summed E-state index contributed by atoms with van der Waals surface area (Å²) < 4.78 is 0. The number of likely N-dealkylation sites (N-methyl/N-ethyl adjacent to an activating group) is 1. The smallest absolute Gasteiger partial charge is 0.0695 e. The van der Waals surface area contributed by atoms with Crippen molar-refractivity contribution in [3.05, 3.63) is 0 Å². The van der Waals surface area contributed by atoms with Crippen LogP contribution in [0.15, 0.2) is 0 Å². The Labute approximate surface area is 99.4 Å². The molecule has 0 aromatic heterocycles. The lowest BCUT2D eigenvalue weighted by atomic mass is 9.83. The third-order valence-electron chi connectivity index (χ3n) is 4.35. The van der Waals surface area contributed by atoms with Crippen LogP contribution >= 0.6 is 0 Å². The molecule has 0 amide bonds. The van der Waals surface area contributed by atoms with Crippen molar-refractivity contribution in [3.8, 4) is 0 Å². The van der Waals surface area contributed by atoms with Crippen molar-refractivity contribution < 1.29 is 5.11 Å². The van der Waals surface area contributed by atoms with Gasteiger partial charge in [0.1, 0.15) is 0 Å². The van der Waals surface area contributed by atoms with E-state index in [4.69, 9.17) is 0 Å². The predicted molar refractivity (Wildman–Crippen MR) is 66.5 cm³/mol. The second-order valence-corrected chi connectivity index (χ2v) is 5.90. The van der Waals surface area contributed by atoms with Crippen LogP contribution in [0, 0.1) is 5.92 Å². The Bertz CT molecular complexity index is 234. The molecule has 2 fully saturated rings. The van der Waals surface area contributed by atoms with Crippen LogP contribution in [0.5, 0.6) is 0 Å². The summed E-state index contributed by atoms with van der Waals surface area (Å²) in [6.07, 6.45) is 3.27. The Balaban J connectivity index is 1.99. The number of aliphatic hydroxyl groups excluding tert-OH is 1. The van der Waals surface area contributed by atoms with E-state index >= 15 is 0 Å². The molecule has 94 valence electrons. The Morgan fingerprint density at radius 2 is 1.88 bits per heavy atom. The van der Waals surface area contributed by atoms with Crippen molar-refractivity contribution in [2.45, 2.75) is 51.3 Å². The van der Waals surface area contributed by atoms with Crippen LogP contribution in [0.1, 0.15) is 33.1 Å². The van der Waals surface area contributed by atoms with Gasteiger partial charge in [0.2, 0.25) is 0 Å². The monoisotopic (exact) mass is 226 g/mol. The predicted octanol–water partition coefficient (Wildman–Crippen LogP) is 1.17. The number of hydrogen-bond donors (Lipinski definition) is 1. The molecule has 4 atom stereocenters. The first-order valence-electron chi connectivity index (χ1n) is 6.70. The van der Waals surface area contributed by atoms with Gasteiger partial charge in [0.15, 0.2) is 0 Å². The summed E-state index contributed by atoms with van der Waals surface area (Å²) in [5.74, 6) is 0.778. The molecule has 3 nitrogen and oxygen atoms in total. The number of aliphatic hydroxyl groups is 1. The third kappa shape index (κ3) is 2.58. The second-order valence-electron chi connectivity index (χ2n) is 5.90. The van der Waals surface area contributed by atoms with Crippen LogP contribution in [0.3, 0.4) is 0 Å². The van der Waals surface area contributed by atoms with Crippen LogP contribution < -0.4 is 0 Å². The fourth-order valence-corrected chi connectivity index (χ4v) is 3.34. The van der Waals surface area contributed by atoms with E-state index in [-0.39, 0.29) is 6.10 Å². The summed E-state index contributed by atoms with van der Waals surface area (Å²) in [7, 11) is 2.19. The zero-order valence-corrected chi connectivity index (χ0v) is 10.9. The Morgan fingerprint density at radius 1 is 1.12 bits per heavy atom. The van der Waals surface area contributed by atoms with E-state index in [2.05, 4.69) is 30.7 Å².